The molecule has 3 rings (SSSR count). The molecular formula is C23H23N3O4. The highest BCUT2D eigenvalue weighted by Gasteiger charge is 2.26. The minimum atomic E-state index is -0.781. The highest BCUT2D eigenvalue weighted by atomic mass is 16.5. The summed E-state index contributed by atoms with van der Waals surface area (Å²) in [5, 5.41) is 12.3. The number of nitriles is 1. The number of ether oxygens (including phenoxy) is 1. The van der Waals surface area contributed by atoms with Gasteiger partial charge in [0.25, 0.3) is 5.91 Å². The van der Waals surface area contributed by atoms with E-state index in [0.29, 0.717) is 5.69 Å². The lowest BCUT2D eigenvalue weighted by Gasteiger charge is -2.15. The Labute approximate surface area is 174 Å². The molecule has 1 atom stereocenters. The average molecular weight is 405 g/mol. The number of hydrogen-bond acceptors (Lipinski definition) is 5. The summed E-state index contributed by atoms with van der Waals surface area (Å²) in [6.45, 7) is 5.26. The Bertz CT molecular complexity index is 1090. The van der Waals surface area contributed by atoms with E-state index >= 15 is 0 Å². The van der Waals surface area contributed by atoms with E-state index in [-0.39, 0.29) is 28.7 Å². The summed E-state index contributed by atoms with van der Waals surface area (Å²) < 4.78 is 12.4. The average Bonchev–Trinajstić information content (AvgIpc) is 3.39. The molecule has 0 saturated carbocycles. The SMILES string of the molecule is CC[C@H](C)c1ccccc1NC(=O)COC(=O)c1c(C)oc(-n2cccc2)c1C#N. The van der Waals surface area contributed by atoms with Gasteiger partial charge < -0.3 is 14.5 Å². The van der Waals surface area contributed by atoms with Crippen LogP contribution in [0.2, 0.25) is 0 Å². The smallest absolute Gasteiger partial charge is 0.343 e. The number of amides is 1. The fraction of sp³-hybridized carbons (Fsp3) is 0.261. The van der Waals surface area contributed by atoms with Crippen LogP contribution < -0.4 is 5.32 Å². The molecule has 1 amide bonds. The molecule has 0 fully saturated rings. The molecule has 154 valence electrons. The monoisotopic (exact) mass is 405 g/mol. The lowest BCUT2D eigenvalue weighted by molar-refractivity contribution is -0.119. The first-order chi connectivity index (χ1) is 14.5. The van der Waals surface area contributed by atoms with Crippen molar-refractivity contribution in [2.45, 2.75) is 33.1 Å². The van der Waals surface area contributed by atoms with E-state index in [1.807, 2.05) is 30.3 Å². The number of rotatable bonds is 7. The van der Waals surface area contributed by atoms with Crippen molar-refractivity contribution < 1.29 is 18.7 Å². The molecule has 1 aromatic carbocycles. The second-order valence-corrected chi connectivity index (χ2v) is 6.94. The number of esters is 1. The van der Waals surface area contributed by atoms with E-state index in [1.54, 1.807) is 36.0 Å². The maximum atomic E-state index is 12.6. The van der Waals surface area contributed by atoms with Crippen molar-refractivity contribution in [2.75, 3.05) is 11.9 Å². The molecule has 7 heteroatoms. The highest BCUT2D eigenvalue weighted by molar-refractivity contribution is 5.98. The molecule has 0 radical (unpaired) electrons. The number of aromatic nitrogens is 1. The third kappa shape index (κ3) is 4.28. The summed E-state index contributed by atoms with van der Waals surface area (Å²) in [6.07, 6.45) is 4.34. The van der Waals surface area contributed by atoms with Crippen LogP contribution in [0.1, 0.15) is 53.4 Å². The van der Waals surface area contributed by atoms with Crippen LogP contribution in [0.5, 0.6) is 0 Å². The second kappa shape index (κ2) is 9.14. The second-order valence-electron chi connectivity index (χ2n) is 6.94. The van der Waals surface area contributed by atoms with Crippen molar-refractivity contribution in [3.8, 4) is 12.0 Å². The van der Waals surface area contributed by atoms with Crippen LogP contribution in [0.15, 0.2) is 53.2 Å². The fourth-order valence-corrected chi connectivity index (χ4v) is 3.18. The highest BCUT2D eigenvalue weighted by Crippen LogP contribution is 2.27. The van der Waals surface area contributed by atoms with Gasteiger partial charge in [-0.2, -0.15) is 5.26 Å². The van der Waals surface area contributed by atoms with Gasteiger partial charge in [-0.1, -0.05) is 32.0 Å². The Hall–Kier alpha value is -3.79. The molecule has 2 heterocycles. The first-order valence-corrected chi connectivity index (χ1v) is 9.69. The van der Waals surface area contributed by atoms with Gasteiger partial charge in [-0.15, -0.1) is 0 Å². The van der Waals surface area contributed by atoms with Crippen molar-refractivity contribution >= 4 is 17.6 Å². The van der Waals surface area contributed by atoms with E-state index in [0.717, 1.165) is 12.0 Å². The molecule has 0 aliphatic heterocycles. The number of carbonyl (C=O) groups excluding carboxylic acids is 2. The zero-order valence-electron chi connectivity index (χ0n) is 17.1. The standard InChI is InChI=1S/C23H23N3O4/c1-4-15(2)17-9-5-6-10-19(17)25-20(27)14-29-23(28)21-16(3)30-22(18(21)13-24)26-11-7-8-12-26/h5-12,15H,4,14H2,1-3H3,(H,25,27)/t15-/m0/s1. The molecule has 0 spiro atoms. The fourth-order valence-electron chi connectivity index (χ4n) is 3.18. The number of aryl methyl sites for hydroxylation is 1. The van der Waals surface area contributed by atoms with E-state index in [1.165, 1.54) is 0 Å². The van der Waals surface area contributed by atoms with Gasteiger partial charge in [-0.25, -0.2) is 4.79 Å². The molecule has 2 aromatic heterocycles. The van der Waals surface area contributed by atoms with Crippen LogP contribution in [-0.2, 0) is 9.53 Å². The van der Waals surface area contributed by atoms with Gasteiger partial charge in [0.05, 0.1) is 0 Å². The van der Waals surface area contributed by atoms with Crippen LogP contribution in [-0.4, -0.2) is 23.1 Å². The number of anilines is 1. The van der Waals surface area contributed by atoms with E-state index in [4.69, 9.17) is 9.15 Å². The van der Waals surface area contributed by atoms with Gasteiger partial charge in [-0.05, 0) is 43.0 Å². The molecule has 0 saturated heterocycles. The van der Waals surface area contributed by atoms with Crippen LogP contribution in [0.4, 0.5) is 5.69 Å². The normalized spacial score (nSPS) is 11.5. The first-order valence-electron chi connectivity index (χ1n) is 9.69. The Morgan fingerprint density at radius 1 is 1.23 bits per heavy atom. The Balaban J connectivity index is 1.71. The number of para-hydroxylation sites is 1. The molecule has 0 aliphatic rings. The van der Waals surface area contributed by atoms with Crippen LogP contribution in [0.3, 0.4) is 0 Å². The van der Waals surface area contributed by atoms with Crippen LogP contribution in [0.25, 0.3) is 5.88 Å². The number of hydrogen-bond donors (Lipinski definition) is 1. The summed E-state index contributed by atoms with van der Waals surface area (Å²) in [6, 6.07) is 13.1. The summed E-state index contributed by atoms with van der Waals surface area (Å²) in [4.78, 5) is 24.9. The maximum Gasteiger partial charge on any atom is 0.343 e. The van der Waals surface area contributed by atoms with Gasteiger partial charge in [0.15, 0.2) is 6.61 Å². The minimum Gasteiger partial charge on any atom is -0.452 e. The molecular weight excluding hydrogens is 382 g/mol. The quantitative estimate of drug-likeness (QED) is 0.581. The van der Waals surface area contributed by atoms with Gasteiger partial charge in [-0.3, -0.25) is 9.36 Å². The number of benzene rings is 1. The lowest BCUT2D eigenvalue weighted by atomic mass is 9.97. The van der Waals surface area contributed by atoms with Gasteiger partial charge in [0, 0.05) is 18.1 Å². The van der Waals surface area contributed by atoms with Crippen molar-refractivity contribution in [1.29, 1.82) is 5.26 Å². The van der Waals surface area contributed by atoms with Crippen molar-refractivity contribution in [3.63, 3.8) is 0 Å². The largest absolute Gasteiger partial charge is 0.452 e. The van der Waals surface area contributed by atoms with Gasteiger partial charge in [0.2, 0.25) is 5.88 Å². The molecule has 1 N–H and O–H groups in total. The molecule has 3 aromatic rings. The Kier molecular flexibility index (Phi) is 6.38. The van der Waals surface area contributed by atoms with E-state index < -0.39 is 18.5 Å². The van der Waals surface area contributed by atoms with Gasteiger partial charge >= 0.3 is 5.97 Å². The zero-order chi connectivity index (χ0) is 21.7. The van der Waals surface area contributed by atoms with Crippen LogP contribution in [0, 0.1) is 18.3 Å². The van der Waals surface area contributed by atoms with Crippen molar-refractivity contribution in [3.05, 3.63) is 71.2 Å². The molecule has 30 heavy (non-hydrogen) atoms. The van der Waals surface area contributed by atoms with Crippen molar-refractivity contribution in [1.82, 2.24) is 4.57 Å². The van der Waals surface area contributed by atoms with E-state index in [9.17, 15) is 14.9 Å². The van der Waals surface area contributed by atoms with Crippen molar-refractivity contribution in [2.24, 2.45) is 0 Å². The van der Waals surface area contributed by atoms with Gasteiger partial charge in [0.1, 0.15) is 23.0 Å². The Morgan fingerprint density at radius 3 is 2.60 bits per heavy atom. The molecule has 0 aliphatic carbocycles. The molecule has 0 bridgehead atoms. The zero-order valence-corrected chi connectivity index (χ0v) is 17.1. The predicted octanol–water partition coefficient (Wildman–Crippen LogP) is 4.56. The Morgan fingerprint density at radius 2 is 1.93 bits per heavy atom. The third-order valence-corrected chi connectivity index (χ3v) is 4.93. The van der Waals surface area contributed by atoms with E-state index in [2.05, 4.69) is 19.2 Å². The summed E-state index contributed by atoms with van der Waals surface area (Å²) in [7, 11) is 0. The topological polar surface area (TPSA) is 97.3 Å². The predicted molar refractivity (Wildman–Crippen MR) is 112 cm³/mol. The number of nitrogens with zero attached hydrogens (tertiary/aromatic N) is 2. The first kappa shape index (κ1) is 20.9. The summed E-state index contributed by atoms with van der Waals surface area (Å²) >= 11 is 0. The number of nitrogens with one attached hydrogen (secondary N) is 1. The third-order valence-electron chi connectivity index (χ3n) is 4.93. The minimum absolute atomic E-state index is 0.0222. The maximum absolute atomic E-state index is 12.6. The molecule has 7 nitrogen and oxygen atoms in total. The summed E-state index contributed by atoms with van der Waals surface area (Å²) in [5.74, 6) is -0.467. The number of furan rings is 1. The molecule has 0 unspecified atom stereocenters. The number of carbonyl (C=O) groups is 2. The summed E-state index contributed by atoms with van der Waals surface area (Å²) in [5.41, 5.74) is 1.80. The lowest BCUT2D eigenvalue weighted by Crippen LogP contribution is -2.22. The van der Waals surface area contributed by atoms with Crippen LogP contribution >= 0.6 is 0 Å².